The molecular formula is C22H35N3. The lowest BCUT2D eigenvalue weighted by atomic mass is 9.94. The van der Waals surface area contributed by atoms with Gasteiger partial charge in [0.1, 0.15) is 0 Å². The fourth-order valence-electron chi connectivity index (χ4n) is 3.25. The van der Waals surface area contributed by atoms with Gasteiger partial charge in [0.2, 0.25) is 0 Å². The van der Waals surface area contributed by atoms with Crippen LogP contribution >= 0.6 is 0 Å². The minimum atomic E-state index is 0.672. The topological polar surface area (TPSA) is 38.7 Å². The molecule has 0 aromatic carbocycles. The molecule has 2 heterocycles. The Balaban J connectivity index is 0.000000251. The lowest BCUT2D eigenvalue weighted by molar-refractivity contribution is 0.548. The summed E-state index contributed by atoms with van der Waals surface area (Å²) in [6.07, 6.45) is 14.3. The Kier molecular flexibility index (Phi) is 11.5. The fraction of sp³-hybridized carbons (Fsp3) is 0.591. The molecule has 0 amide bonds. The minimum absolute atomic E-state index is 0.672. The molecule has 25 heavy (non-hydrogen) atoms. The van der Waals surface area contributed by atoms with Crippen molar-refractivity contribution in [1.29, 1.82) is 0 Å². The van der Waals surface area contributed by atoms with E-state index in [1.54, 1.807) is 6.20 Å². The molecule has 0 aliphatic rings. The van der Waals surface area contributed by atoms with Gasteiger partial charge in [-0.3, -0.25) is 4.98 Å². The summed E-state index contributed by atoms with van der Waals surface area (Å²) >= 11 is 0. The molecular weight excluding hydrogens is 306 g/mol. The maximum absolute atomic E-state index is 4.42. The third-order valence-electron chi connectivity index (χ3n) is 4.59. The molecule has 0 saturated carbocycles. The van der Waals surface area contributed by atoms with Crippen molar-refractivity contribution in [1.82, 2.24) is 15.2 Å². The lowest BCUT2D eigenvalue weighted by Gasteiger charge is -2.13. The Morgan fingerprint density at radius 3 is 1.92 bits per heavy atom. The van der Waals surface area contributed by atoms with E-state index < -0.39 is 0 Å². The first kappa shape index (κ1) is 21.3. The van der Waals surface area contributed by atoms with Crippen LogP contribution in [0.2, 0.25) is 0 Å². The zero-order chi connectivity index (χ0) is 18.3. The van der Waals surface area contributed by atoms with Gasteiger partial charge in [0, 0.05) is 24.0 Å². The van der Waals surface area contributed by atoms with Gasteiger partial charge >= 0.3 is 0 Å². The van der Waals surface area contributed by atoms with Gasteiger partial charge in [-0.1, -0.05) is 53.0 Å². The second-order valence-electron chi connectivity index (χ2n) is 6.60. The van der Waals surface area contributed by atoms with E-state index in [4.69, 9.17) is 0 Å². The monoisotopic (exact) mass is 341 g/mol. The van der Waals surface area contributed by atoms with Crippen molar-refractivity contribution < 1.29 is 0 Å². The van der Waals surface area contributed by atoms with Crippen LogP contribution in [0.4, 0.5) is 0 Å². The number of rotatable bonds is 9. The summed E-state index contributed by atoms with van der Waals surface area (Å²) in [4.78, 5) is 4.42. The summed E-state index contributed by atoms with van der Waals surface area (Å²) in [6.45, 7) is 8.93. The minimum Gasteiger partial charge on any atom is -0.261 e. The molecule has 2 rings (SSSR count). The average Bonchev–Trinajstić information content (AvgIpc) is 2.68. The first-order valence-electron chi connectivity index (χ1n) is 9.94. The molecule has 3 heteroatoms. The number of aromatic nitrogens is 3. The van der Waals surface area contributed by atoms with Crippen LogP contribution in [-0.4, -0.2) is 15.2 Å². The highest BCUT2D eigenvalue weighted by molar-refractivity contribution is 5.11. The summed E-state index contributed by atoms with van der Waals surface area (Å²) in [7, 11) is 0. The molecule has 0 aliphatic carbocycles. The highest BCUT2D eigenvalue weighted by Gasteiger charge is 2.09. The summed E-state index contributed by atoms with van der Waals surface area (Å²) in [5.74, 6) is 1.35. The second kappa shape index (κ2) is 13.5. The standard InChI is InChI=1S/C12H19N.C10H16N2/c1-3-7-11(8-4-2)12-9-5-6-10-13-12;1-3-5-9(4-2)10-6-7-11-12-8-10/h5-6,9-11H,3-4,7-8H2,1-2H3;6-9H,3-5H2,1-2H3. The van der Waals surface area contributed by atoms with Crippen LogP contribution in [-0.2, 0) is 0 Å². The molecule has 138 valence electrons. The summed E-state index contributed by atoms with van der Waals surface area (Å²) in [5.41, 5.74) is 2.60. The number of hydrogen-bond donors (Lipinski definition) is 0. The molecule has 0 saturated heterocycles. The zero-order valence-corrected chi connectivity index (χ0v) is 16.5. The van der Waals surface area contributed by atoms with Gasteiger partial charge < -0.3 is 0 Å². The first-order chi connectivity index (χ1) is 12.3. The van der Waals surface area contributed by atoms with Crippen molar-refractivity contribution in [2.75, 3.05) is 0 Å². The average molecular weight is 342 g/mol. The molecule has 2 aromatic heterocycles. The quantitative estimate of drug-likeness (QED) is 0.520. The zero-order valence-electron chi connectivity index (χ0n) is 16.5. The van der Waals surface area contributed by atoms with Crippen molar-refractivity contribution in [3.05, 3.63) is 54.1 Å². The van der Waals surface area contributed by atoms with E-state index in [1.165, 1.54) is 56.2 Å². The predicted molar refractivity (Wildman–Crippen MR) is 107 cm³/mol. The predicted octanol–water partition coefficient (Wildman–Crippen LogP) is 6.54. The van der Waals surface area contributed by atoms with Gasteiger partial charge in [-0.25, -0.2) is 0 Å². The van der Waals surface area contributed by atoms with E-state index in [0.29, 0.717) is 11.8 Å². The molecule has 2 aromatic rings. The van der Waals surface area contributed by atoms with Crippen LogP contribution < -0.4 is 0 Å². The Morgan fingerprint density at radius 2 is 1.44 bits per heavy atom. The van der Waals surface area contributed by atoms with Gasteiger partial charge in [0.15, 0.2) is 0 Å². The number of nitrogens with zero attached hydrogens (tertiary/aromatic N) is 3. The fourth-order valence-corrected chi connectivity index (χ4v) is 3.25. The third kappa shape index (κ3) is 8.24. The lowest BCUT2D eigenvalue weighted by Crippen LogP contribution is -2.00. The maximum Gasteiger partial charge on any atom is 0.0531 e. The van der Waals surface area contributed by atoms with Crippen LogP contribution in [0.15, 0.2) is 42.9 Å². The molecule has 0 aliphatic heterocycles. The SMILES string of the molecule is CCCC(CC)c1ccnnc1.CCCC(CCC)c1ccccn1. The van der Waals surface area contributed by atoms with Gasteiger partial charge in [0.05, 0.1) is 6.20 Å². The van der Waals surface area contributed by atoms with Crippen LogP contribution in [0.25, 0.3) is 0 Å². The Morgan fingerprint density at radius 1 is 0.760 bits per heavy atom. The molecule has 0 radical (unpaired) electrons. The summed E-state index contributed by atoms with van der Waals surface area (Å²) < 4.78 is 0. The first-order valence-corrected chi connectivity index (χ1v) is 9.94. The molecule has 0 fully saturated rings. The van der Waals surface area contributed by atoms with E-state index >= 15 is 0 Å². The smallest absolute Gasteiger partial charge is 0.0531 e. The number of pyridine rings is 1. The Labute approximate surface area is 154 Å². The largest absolute Gasteiger partial charge is 0.261 e. The van der Waals surface area contributed by atoms with Crippen LogP contribution in [0, 0.1) is 0 Å². The van der Waals surface area contributed by atoms with E-state index in [2.05, 4.69) is 61.1 Å². The van der Waals surface area contributed by atoms with Crippen molar-refractivity contribution in [2.45, 2.75) is 84.5 Å². The highest BCUT2D eigenvalue weighted by atomic mass is 15.1. The van der Waals surface area contributed by atoms with Gasteiger partial charge in [-0.2, -0.15) is 10.2 Å². The van der Waals surface area contributed by atoms with E-state index in [9.17, 15) is 0 Å². The third-order valence-corrected chi connectivity index (χ3v) is 4.59. The van der Waals surface area contributed by atoms with E-state index in [0.717, 1.165) is 0 Å². The van der Waals surface area contributed by atoms with Crippen LogP contribution in [0.5, 0.6) is 0 Å². The van der Waals surface area contributed by atoms with Gasteiger partial charge in [-0.15, -0.1) is 0 Å². The molecule has 3 nitrogen and oxygen atoms in total. The summed E-state index contributed by atoms with van der Waals surface area (Å²) in [6, 6.07) is 8.28. The normalized spacial score (nSPS) is 11.7. The van der Waals surface area contributed by atoms with Gasteiger partial charge in [0.25, 0.3) is 0 Å². The molecule has 0 bridgehead atoms. The van der Waals surface area contributed by atoms with Crippen molar-refractivity contribution in [3.63, 3.8) is 0 Å². The van der Waals surface area contributed by atoms with Crippen LogP contribution in [0.3, 0.4) is 0 Å². The highest BCUT2D eigenvalue weighted by Crippen LogP contribution is 2.24. The number of hydrogen-bond acceptors (Lipinski definition) is 3. The van der Waals surface area contributed by atoms with Crippen molar-refractivity contribution in [3.8, 4) is 0 Å². The van der Waals surface area contributed by atoms with Crippen molar-refractivity contribution >= 4 is 0 Å². The Bertz CT molecular complexity index is 521. The molecule has 0 spiro atoms. The molecule has 0 N–H and O–H groups in total. The van der Waals surface area contributed by atoms with Gasteiger partial charge in [-0.05, 0) is 55.4 Å². The van der Waals surface area contributed by atoms with E-state index in [-0.39, 0.29) is 0 Å². The maximum atomic E-state index is 4.42. The molecule has 1 atom stereocenters. The van der Waals surface area contributed by atoms with Crippen molar-refractivity contribution in [2.24, 2.45) is 0 Å². The Hall–Kier alpha value is -1.77. The van der Waals surface area contributed by atoms with E-state index in [1.807, 2.05) is 18.5 Å². The summed E-state index contributed by atoms with van der Waals surface area (Å²) in [5, 5.41) is 7.66. The van der Waals surface area contributed by atoms with Crippen LogP contribution in [0.1, 0.15) is 95.7 Å². The molecule has 1 unspecified atom stereocenters. The second-order valence-corrected chi connectivity index (χ2v) is 6.60.